The van der Waals surface area contributed by atoms with Crippen molar-refractivity contribution in [1.82, 2.24) is 0 Å². The maximum absolute atomic E-state index is 9.38. The number of hydrogen-bond acceptors (Lipinski definition) is 2. The van der Waals surface area contributed by atoms with Gasteiger partial charge in [0.15, 0.2) is 0 Å². The maximum atomic E-state index is 9.38. The van der Waals surface area contributed by atoms with E-state index in [9.17, 15) is 5.26 Å². The summed E-state index contributed by atoms with van der Waals surface area (Å²) in [7, 11) is 0. The summed E-state index contributed by atoms with van der Waals surface area (Å²) in [5.41, 5.74) is 2.47. The highest BCUT2D eigenvalue weighted by Crippen LogP contribution is 2.36. The molecule has 0 fully saturated rings. The molecular formula is C18H15Br2NO. The zero-order chi connectivity index (χ0) is 15.9. The molecule has 112 valence electrons. The van der Waals surface area contributed by atoms with Gasteiger partial charge in [-0.2, -0.15) is 5.26 Å². The third-order valence-electron chi connectivity index (χ3n) is 2.99. The number of ether oxygens (including phenoxy) is 1. The molecule has 0 N–H and O–H groups in total. The van der Waals surface area contributed by atoms with Crippen LogP contribution in [0.2, 0.25) is 0 Å². The van der Waals surface area contributed by atoms with Crippen LogP contribution in [0.1, 0.15) is 24.5 Å². The van der Waals surface area contributed by atoms with Crippen molar-refractivity contribution < 1.29 is 4.74 Å². The van der Waals surface area contributed by atoms with Gasteiger partial charge in [-0.25, -0.2) is 0 Å². The largest absolute Gasteiger partial charge is 0.491 e. The van der Waals surface area contributed by atoms with Gasteiger partial charge in [0.1, 0.15) is 5.75 Å². The first-order valence-corrected chi connectivity index (χ1v) is 8.53. The number of nitrogens with zero attached hydrogens (tertiary/aromatic N) is 1. The van der Waals surface area contributed by atoms with E-state index in [1.54, 1.807) is 0 Å². The van der Waals surface area contributed by atoms with Gasteiger partial charge in [0.05, 0.1) is 27.2 Å². The lowest BCUT2D eigenvalue weighted by Crippen LogP contribution is -1.97. The molecule has 0 heterocycles. The molecule has 0 spiro atoms. The van der Waals surface area contributed by atoms with Crippen molar-refractivity contribution in [3.05, 3.63) is 62.5 Å². The van der Waals surface area contributed by atoms with Crippen LogP contribution in [0, 0.1) is 11.3 Å². The molecule has 2 nitrogen and oxygen atoms in total. The Morgan fingerprint density at radius 3 is 2.36 bits per heavy atom. The minimum absolute atomic E-state index is 0.627. The van der Waals surface area contributed by atoms with E-state index < -0.39 is 0 Å². The van der Waals surface area contributed by atoms with Gasteiger partial charge in [-0.3, -0.25) is 0 Å². The molecule has 0 aliphatic heterocycles. The first-order chi connectivity index (χ1) is 10.7. The molecule has 0 amide bonds. The van der Waals surface area contributed by atoms with E-state index in [-0.39, 0.29) is 0 Å². The second-order valence-electron chi connectivity index (χ2n) is 4.70. The summed E-state index contributed by atoms with van der Waals surface area (Å²) in [5, 5.41) is 9.38. The normalized spacial score (nSPS) is 11.1. The van der Waals surface area contributed by atoms with Crippen molar-refractivity contribution in [2.45, 2.75) is 13.3 Å². The van der Waals surface area contributed by atoms with E-state index in [0.717, 1.165) is 32.2 Å². The monoisotopic (exact) mass is 419 g/mol. The summed E-state index contributed by atoms with van der Waals surface area (Å²) in [4.78, 5) is 0. The molecular weight excluding hydrogens is 406 g/mol. The van der Waals surface area contributed by atoms with E-state index in [2.05, 4.69) is 44.9 Å². The average Bonchev–Trinajstić information content (AvgIpc) is 2.53. The Labute approximate surface area is 147 Å². The van der Waals surface area contributed by atoms with Crippen LogP contribution >= 0.6 is 31.9 Å². The molecule has 0 radical (unpaired) electrons. The van der Waals surface area contributed by atoms with Crippen LogP contribution in [-0.2, 0) is 0 Å². The fraction of sp³-hybridized carbons (Fsp3) is 0.167. The summed E-state index contributed by atoms with van der Waals surface area (Å²) in [6.07, 6.45) is 2.82. The summed E-state index contributed by atoms with van der Waals surface area (Å²) < 4.78 is 7.44. The number of rotatable bonds is 5. The van der Waals surface area contributed by atoms with Gasteiger partial charge in [0, 0.05) is 0 Å². The molecule has 2 rings (SSSR count). The highest BCUT2D eigenvalue weighted by Gasteiger charge is 2.09. The van der Waals surface area contributed by atoms with Crippen LogP contribution in [-0.4, -0.2) is 6.61 Å². The van der Waals surface area contributed by atoms with Crippen molar-refractivity contribution in [3.63, 3.8) is 0 Å². The Kier molecular flexibility index (Phi) is 6.23. The SMILES string of the molecule is CCCOc1c(Br)cc(/C=C(\C#N)c2ccccc2)cc1Br. The van der Waals surface area contributed by atoms with Gasteiger partial charge in [0.2, 0.25) is 0 Å². The second kappa shape index (κ2) is 8.17. The molecule has 22 heavy (non-hydrogen) atoms. The van der Waals surface area contributed by atoms with Crippen LogP contribution in [0.4, 0.5) is 0 Å². The minimum Gasteiger partial charge on any atom is -0.491 e. The predicted octanol–water partition coefficient (Wildman–Crippen LogP) is 6.06. The van der Waals surface area contributed by atoms with Crippen LogP contribution in [0.15, 0.2) is 51.4 Å². The Morgan fingerprint density at radius 1 is 1.18 bits per heavy atom. The molecule has 0 atom stereocenters. The van der Waals surface area contributed by atoms with Gasteiger partial charge in [-0.05, 0) is 67.6 Å². The van der Waals surface area contributed by atoms with Crippen molar-refractivity contribution in [2.24, 2.45) is 0 Å². The van der Waals surface area contributed by atoms with E-state index >= 15 is 0 Å². The third kappa shape index (κ3) is 4.22. The van der Waals surface area contributed by atoms with E-state index in [0.29, 0.717) is 12.2 Å². The molecule has 0 aliphatic rings. The number of hydrogen-bond donors (Lipinski definition) is 0. The first kappa shape index (κ1) is 16.8. The van der Waals surface area contributed by atoms with Gasteiger partial charge in [0.25, 0.3) is 0 Å². The molecule has 0 unspecified atom stereocenters. The molecule has 0 aliphatic carbocycles. The zero-order valence-electron chi connectivity index (χ0n) is 12.1. The molecule has 0 saturated heterocycles. The fourth-order valence-electron chi connectivity index (χ4n) is 1.97. The molecule has 0 saturated carbocycles. The molecule has 2 aromatic rings. The number of nitriles is 1. The summed E-state index contributed by atoms with van der Waals surface area (Å²) in [6, 6.07) is 15.8. The second-order valence-corrected chi connectivity index (χ2v) is 6.41. The first-order valence-electron chi connectivity index (χ1n) is 6.94. The van der Waals surface area contributed by atoms with Crippen molar-refractivity contribution in [2.75, 3.05) is 6.61 Å². The predicted molar refractivity (Wildman–Crippen MR) is 97.6 cm³/mol. The van der Waals surface area contributed by atoms with Crippen LogP contribution in [0.5, 0.6) is 5.75 Å². The van der Waals surface area contributed by atoms with Crippen LogP contribution in [0.25, 0.3) is 11.6 Å². The van der Waals surface area contributed by atoms with Gasteiger partial charge < -0.3 is 4.74 Å². The maximum Gasteiger partial charge on any atom is 0.147 e. The lowest BCUT2D eigenvalue weighted by Gasteiger charge is -2.10. The Morgan fingerprint density at radius 2 is 1.82 bits per heavy atom. The minimum atomic E-state index is 0.627. The highest BCUT2D eigenvalue weighted by atomic mass is 79.9. The fourth-order valence-corrected chi connectivity index (χ4v) is 3.42. The summed E-state index contributed by atoms with van der Waals surface area (Å²) in [6.45, 7) is 2.73. The van der Waals surface area contributed by atoms with Crippen molar-refractivity contribution in [1.29, 1.82) is 5.26 Å². The molecule has 0 bridgehead atoms. The highest BCUT2D eigenvalue weighted by molar-refractivity contribution is 9.11. The van der Waals surface area contributed by atoms with E-state index in [1.807, 2.05) is 48.5 Å². The zero-order valence-corrected chi connectivity index (χ0v) is 15.3. The molecule has 0 aromatic heterocycles. The smallest absolute Gasteiger partial charge is 0.147 e. The van der Waals surface area contributed by atoms with Gasteiger partial charge in [-0.1, -0.05) is 37.3 Å². The number of benzene rings is 2. The summed E-state index contributed by atoms with van der Waals surface area (Å²) in [5.74, 6) is 0.789. The van der Waals surface area contributed by atoms with Crippen LogP contribution < -0.4 is 4.74 Å². The third-order valence-corrected chi connectivity index (χ3v) is 4.17. The molecule has 4 heteroatoms. The Bertz CT molecular complexity index is 695. The average molecular weight is 421 g/mol. The molecule has 2 aromatic carbocycles. The number of allylic oxidation sites excluding steroid dienone is 1. The van der Waals surface area contributed by atoms with E-state index in [1.165, 1.54) is 0 Å². The summed E-state index contributed by atoms with van der Waals surface area (Å²) >= 11 is 7.06. The quantitative estimate of drug-likeness (QED) is 0.434. The van der Waals surface area contributed by atoms with Gasteiger partial charge in [-0.15, -0.1) is 0 Å². The van der Waals surface area contributed by atoms with Crippen LogP contribution in [0.3, 0.4) is 0 Å². The Balaban J connectivity index is 2.37. The lowest BCUT2D eigenvalue weighted by atomic mass is 10.0. The Hall–Kier alpha value is -1.57. The lowest BCUT2D eigenvalue weighted by molar-refractivity contribution is 0.313. The van der Waals surface area contributed by atoms with Crippen molar-refractivity contribution >= 4 is 43.5 Å². The van der Waals surface area contributed by atoms with Crippen molar-refractivity contribution in [3.8, 4) is 11.8 Å². The standard InChI is InChI=1S/C18H15Br2NO/c1-2-8-22-18-16(19)10-13(11-17(18)20)9-15(12-21)14-6-4-3-5-7-14/h3-7,9-11H,2,8H2,1H3/b15-9+. The topological polar surface area (TPSA) is 33.0 Å². The van der Waals surface area contributed by atoms with Gasteiger partial charge >= 0.3 is 0 Å². The van der Waals surface area contributed by atoms with E-state index in [4.69, 9.17) is 4.74 Å². The number of halogens is 2.